The number of hydrogen-bond donors (Lipinski definition) is 0. The number of carbonyl (C=O) groups excluding carboxylic acids is 2. The van der Waals surface area contributed by atoms with Crippen LogP contribution in [0.15, 0.2) is 12.2 Å². The van der Waals surface area contributed by atoms with E-state index in [0.717, 1.165) is 44.9 Å². The molecule has 0 aliphatic carbocycles. The summed E-state index contributed by atoms with van der Waals surface area (Å²) < 4.78 is 33.8. The molecule has 2 atom stereocenters. The van der Waals surface area contributed by atoms with Gasteiger partial charge in [-0.2, -0.15) is 0 Å². The molecule has 0 bridgehead atoms. The van der Waals surface area contributed by atoms with Crippen LogP contribution in [0, 0.1) is 0 Å². The van der Waals surface area contributed by atoms with Gasteiger partial charge in [0.15, 0.2) is 6.10 Å². The van der Waals surface area contributed by atoms with Gasteiger partial charge in [0.05, 0.1) is 27.7 Å². The first kappa shape index (κ1) is 49.8. The summed E-state index contributed by atoms with van der Waals surface area (Å²) in [6, 6.07) is 0. The molecule has 0 aromatic carbocycles. The molecule has 0 N–H and O–H groups in total. The van der Waals surface area contributed by atoms with Crippen molar-refractivity contribution in [2.75, 3.05) is 47.5 Å². The molecule has 0 heterocycles. The molecular weight excluding hydrogens is 665 g/mol. The lowest BCUT2D eigenvalue weighted by Gasteiger charge is -2.28. The van der Waals surface area contributed by atoms with Crippen molar-refractivity contribution in [3.05, 3.63) is 12.2 Å². The number of rotatable bonds is 38. The summed E-state index contributed by atoms with van der Waals surface area (Å²) in [5, 5.41) is 0. The van der Waals surface area contributed by atoms with Crippen LogP contribution in [0.2, 0.25) is 0 Å². The van der Waals surface area contributed by atoms with Gasteiger partial charge in [0, 0.05) is 12.8 Å². The molecule has 0 saturated heterocycles. The van der Waals surface area contributed by atoms with E-state index in [4.69, 9.17) is 18.5 Å². The Bertz CT molecular complexity index is 891. The van der Waals surface area contributed by atoms with E-state index in [9.17, 15) is 19.0 Å². The summed E-state index contributed by atoms with van der Waals surface area (Å²) in [5.74, 6) is -0.835. The Morgan fingerprint density at radius 3 is 1.45 bits per heavy atom. The molecule has 0 radical (unpaired) electrons. The van der Waals surface area contributed by atoms with Crippen LogP contribution in [0.5, 0.6) is 0 Å². The smallest absolute Gasteiger partial charge is 0.306 e. The number of nitrogens with zero attached hydrogens (tertiary/aromatic N) is 1. The number of unbranched alkanes of at least 4 members (excludes halogenated alkanes) is 22. The average Bonchev–Trinajstić information content (AvgIpc) is 3.07. The highest BCUT2D eigenvalue weighted by molar-refractivity contribution is 7.45. The topological polar surface area (TPSA) is 111 Å². The zero-order chi connectivity index (χ0) is 37.9. The van der Waals surface area contributed by atoms with E-state index < -0.39 is 26.5 Å². The molecule has 0 aliphatic rings. The Labute approximate surface area is 314 Å². The first-order valence-electron chi connectivity index (χ1n) is 20.9. The van der Waals surface area contributed by atoms with Crippen LogP contribution in [0.25, 0.3) is 0 Å². The van der Waals surface area contributed by atoms with Crippen molar-refractivity contribution >= 4 is 19.8 Å². The maximum Gasteiger partial charge on any atom is 0.306 e. The summed E-state index contributed by atoms with van der Waals surface area (Å²) in [4.78, 5) is 37.4. The van der Waals surface area contributed by atoms with E-state index in [1.54, 1.807) is 0 Å². The molecule has 9 nitrogen and oxygen atoms in total. The van der Waals surface area contributed by atoms with E-state index in [-0.39, 0.29) is 32.0 Å². The van der Waals surface area contributed by atoms with E-state index in [1.165, 1.54) is 109 Å². The van der Waals surface area contributed by atoms with Gasteiger partial charge in [-0.25, -0.2) is 0 Å². The van der Waals surface area contributed by atoms with Crippen molar-refractivity contribution in [2.45, 2.75) is 193 Å². The number of quaternary nitrogens is 1. The first-order valence-corrected chi connectivity index (χ1v) is 22.4. The highest BCUT2D eigenvalue weighted by Crippen LogP contribution is 2.38. The van der Waals surface area contributed by atoms with Crippen LogP contribution in [-0.2, 0) is 32.7 Å². The third-order valence-corrected chi connectivity index (χ3v) is 10.00. The van der Waals surface area contributed by atoms with Gasteiger partial charge >= 0.3 is 11.9 Å². The van der Waals surface area contributed by atoms with Gasteiger partial charge in [0.2, 0.25) is 0 Å². The number of carbonyl (C=O) groups is 2. The van der Waals surface area contributed by atoms with Crippen LogP contribution < -0.4 is 4.89 Å². The van der Waals surface area contributed by atoms with Crippen LogP contribution in [-0.4, -0.2) is 70.0 Å². The lowest BCUT2D eigenvalue weighted by molar-refractivity contribution is -0.870. The molecule has 0 aliphatic heterocycles. The SMILES string of the molecule is CCCCCCCC/C=C\CCCCCCCCCC(=O)O[C@H](COC(=O)CCCCCCCCCCCC)COP(=O)([O-])OCC[N+](C)(C)C. The molecule has 10 heteroatoms. The van der Waals surface area contributed by atoms with Crippen molar-refractivity contribution in [1.29, 1.82) is 0 Å². The van der Waals surface area contributed by atoms with Crippen molar-refractivity contribution in [3.8, 4) is 0 Å². The molecule has 51 heavy (non-hydrogen) atoms. The Morgan fingerprint density at radius 2 is 1.00 bits per heavy atom. The average molecular weight is 746 g/mol. The third kappa shape index (κ3) is 38.3. The molecule has 0 saturated carbocycles. The summed E-state index contributed by atoms with van der Waals surface area (Å²) in [5.41, 5.74) is 0. The fourth-order valence-electron chi connectivity index (χ4n) is 5.71. The van der Waals surface area contributed by atoms with E-state index in [2.05, 4.69) is 26.0 Å². The zero-order valence-corrected chi connectivity index (χ0v) is 34.7. The predicted molar refractivity (Wildman–Crippen MR) is 208 cm³/mol. The fraction of sp³-hybridized carbons (Fsp3) is 0.902. The number of allylic oxidation sites excluding steroid dienone is 2. The maximum absolute atomic E-state index is 12.6. The molecular formula is C41H80NO8P. The largest absolute Gasteiger partial charge is 0.756 e. The quantitative estimate of drug-likeness (QED) is 0.0202. The second-order valence-electron chi connectivity index (χ2n) is 15.4. The highest BCUT2D eigenvalue weighted by atomic mass is 31.2. The first-order chi connectivity index (χ1) is 24.5. The normalized spacial score (nSPS) is 13.8. The number of esters is 2. The maximum atomic E-state index is 12.6. The van der Waals surface area contributed by atoms with Gasteiger partial charge in [-0.05, 0) is 38.5 Å². The number of likely N-dealkylation sites (N-methyl/N-ethyl adjacent to an activating group) is 1. The number of hydrogen-bond acceptors (Lipinski definition) is 8. The van der Waals surface area contributed by atoms with Crippen LogP contribution in [0.3, 0.4) is 0 Å². The van der Waals surface area contributed by atoms with Gasteiger partial charge in [0.1, 0.15) is 19.8 Å². The van der Waals surface area contributed by atoms with Gasteiger partial charge in [-0.1, -0.05) is 148 Å². The summed E-state index contributed by atoms with van der Waals surface area (Å²) in [7, 11) is 1.17. The predicted octanol–water partition coefficient (Wildman–Crippen LogP) is 10.8. The third-order valence-electron chi connectivity index (χ3n) is 9.04. The fourth-order valence-corrected chi connectivity index (χ4v) is 6.44. The molecule has 0 aromatic heterocycles. The molecule has 302 valence electrons. The van der Waals surface area contributed by atoms with Crippen molar-refractivity contribution < 1.29 is 42.1 Å². The van der Waals surface area contributed by atoms with Crippen molar-refractivity contribution in [2.24, 2.45) is 0 Å². The molecule has 0 spiro atoms. The summed E-state index contributed by atoms with van der Waals surface area (Å²) in [6.07, 6.45) is 33.8. The van der Waals surface area contributed by atoms with Gasteiger partial charge in [0.25, 0.3) is 7.82 Å². The molecule has 0 rings (SSSR count). The van der Waals surface area contributed by atoms with Crippen molar-refractivity contribution in [3.63, 3.8) is 0 Å². The number of ether oxygens (including phenoxy) is 2. The number of phosphoric ester groups is 1. The van der Waals surface area contributed by atoms with E-state index in [1.807, 2.05) is 21.1 Å². The Kier molecular flexibility index (Phi) is 33.7. The molecule has 0 aromatic rings. The van der Waals surface area contributed by atoms with Crippen molar-refractivity contribution in [1.82, 2.24) is 0 Å². The van der Waals surface area contributed by atoms with E-state index in [0.29, 0.717) is 17.4 Å². The molecule has 0 amide bonds. The Balaban J connectivity index is 4.35. The Morgan fingerprint density at radius 1 is 0.588 bits per heavy atom. The van der Waals surface area contributed by atoms with Gasteiger partial charge < -0.3 is 27.9 Å². The lowest BCUT2D eigenvalue weighted by Crippen LogP contribution is -2.37. The van der Waals surface area contributed by atoms with Crippen LogP contribution >= 0.6 is 7.82 Å². The van der Waals surface area contributed by atoms with Gasteiger partial charge in [-0.3, -0.25) is 14.2 Å². The summed E-state index contributed by atoms with van der Waals surface area (Å²) in [6.45, 7) is 4.21. The van der Waals surface area contributed by atoms with Gasteiger partial charge in [-0.15, -0.1) is 0 Å². The minimum Gasteiger partial charge on any atom is -0.756 e. The minimum atomic E-state index is -4.61. The second kappa shape index (κ2) is 34.5. The summed E-state index contributed by atoms with van der Waals surface area (Å²) >= 11 is 0. The van der Waals surface area contributed by atoms with E-state index >= 15 is 0 Å². The minimum absolute atomic E-state index is 0.0288. The standard InChI is InChI=1S/C41H80NO8P/c1-6-8-10-12-14-16-18-19-20-21-22-23-24-26-28-30-32-34-41(44)50-39(38-49-51(45,46)48-36-35-42(3,4)5)37-47-40(43)33-31-29-27-25-17-15-13-11-9-7-2/h19-20,39H,6-18,21-38H2,1-5H3/b20-19-/t39-/m1/s1. The molecule has 0 fully saturated rings. The second-order valence-corrected chi connectivity index (χ2v) is 16.8. The number of phosphoric acid groups is 1. The van der Waals surface area contributed by atoms with Crippen LogP contribution in [0.4, 0.5) is 0 Å². The highest BCUT2D eigenvalue weighted by Gasteiger charge is 2.21. The van der Waals surface area contributed by atoms with Crippen LogP contribution in [0.1, 0.15) is 187 Å². The molecule has 1 unspecified atom stereocenters. The lowest BCUT2D eigenvalue weighted by atomic mass is 10.1. The zero-order valence-electron chi connectivity index (χ0n) is 33.8. The monoisotopic (exact) mass is 746 g/mol. The Hall–Kier alpha value is -1.25.